The van der Waals surface area contributed by atoms with E-state index in [-0.39, 0.29) is 12.3 Å². The van der Waals surface area contributed by atoms with Crippen molar-refractivity contribution in [3.05, 3.63) is 5.21 Å². The molecule has 0 saturated carbocycles. The summed E-state index contributed by atoms with van der Waals surface area (Å²) in [6, 6.07) is 0. The highest BCUT2D eigenvalue weighted by Crippen LogP contribution is 2.25. The Morgan fingerprint density at radius 2 is 1.74 bits per heavy atom. The van der Waals surface area contributed by atoms with Crippen molar-refractivity contribution in [2.24, 2.45) is 5.73 Å². The third-order valence-corrected chi connectivity index (χ3v) is 3.65. The largest absolute Gasteiger partial charge is 0.772 e. The fourth-order valence-electron chi connectivity index (χ4n) is 1.73. The molecule has 0 aliphatic carbocycles. The summed E-state index contributed by atoms with van der Waals surface area (Å²) < 4.78 is 11.5. The Bertz CT molecular complexity index is 231. The number of hydrazine groups is 1. The minimum atomic E-state index is -0.583. The molecule has 19 heavy (non-hydrogen) atoms. The first-order chi connectivity index (χ1) is 8.81. The molecule has 6 heteroatoms. The summed E-state index contributed by atoms with van der Waals surface area (Å²) in [6.07, 6.45) is 3.26. The number of ether oxygens (including phenoxy) is 2. The number of nitrogens with one attached hydrogen (secondary N) is 1. The Hall–Kier alpha value is -0.240. The van der Waals surface area contributed by atoms with Crippen molar-refractivity contribution in [1.29, 1.82) is 0 Å². The van der Waals surface area contributed by atoms with E-state index in [2.05, 4.69) is 19.3 Å². The molecule has 0 spiro atoms. The lowest BCUT2D eigenvalue weighted by molar-refractivity contribution is -0.107. The quantitative estimate of drug-likeness (QED) is 0.443. The predicted octanol–water partition coefficient (Wildman–Crippen LogP) is 1.95. The molecule has 116 valence electrons. The van der Waals surface area contributed by atoms with Crippen LogP contribution in [0.5, 0.6) is 0 Å². The Labute approximate surface area is 117 Å². The highest BCUT2D eigenvalue weighted by Gasteiger charge is 2.28. The monoisotopic (exact) mass is 276 g/mol. The Balaban J connectivity index is 4.22. The normalized spacial score (nSPS) is 15.8. The number of hydrogen-bond donors (Lipinski definition) is 2. The van der Waals surface area contributed by atoms with Gasteiger partial charge < -0.3 is 25.6 Å². The molecule has 3 N–H and O–H groups in total. The molecule has 0 bridgehead atoms. The first-order valence-corrected chi connectivity index (χ1v) is 7.02. The highest BCUT2D eigenvalue weighted by molar-refractivity contribution is 4.78. The van der Waals surface area contributed by atoms with Gasteiger partial charge in [0.2, 0.25) is 0 Å². The summed E-state index contributed by atoms with van der Waals surface area (Å²) in [5.41, 5.74) is 7.67. The molecule has 0 aliphatic heterocycles. The van der Waals surface area contributed by atoms with Crippen LogP contribution >= 0.6 is 0 Å². The van der Waals surface area contributed by atoms with Crippen molar-refractivity contribution in [1.82, 2.24) is 10.6 Å². The van der Waals surface area contributed by atoms with Gasteiger partial charge in [-0.15, -0.1) is 0 Å². The number of hydroxylamine groups is 1. The molecular formula is C13H30N3O3-. The van der Waals surface area contributed by atoms with E-state index in [9.17, 15) is 5.21 Å². The Morgan fingerprint density at radius 3 is 2.16 bits per heavy atom. The van der Waals surface area contributed by atoms with Crippen molar-refractivity contribution in [2.75, 3.05) is 20.4 Å². The van der Waals surface area contributed by atoms with Crippen LogP contribution in [-0.2, 0) is 9.47 Å². The van der Waals surface area contributed by atoms with Gasteiger partial charge in [-0.05, 0) is 39.7 Å². The van der Waals surface area contributed by atoms with E-state index in [1.807, 2.05) is 13.8 Å². The van der Waals surface area contributed by atoms with E-state index in [1.54, 1.807) is 0 Å². The van der Waals surface area contributed by atoms with Crippen LogP contribution in [0.2, 0.25) is 0 Å². The van der Waals surface area contributed by atoms with Crippen molar-refractivity contribution in [2.45, 2.75) is 64.7 Å². The zero-order chi connectivity index (χ0) is 14.9. The van der Waals surface area contributed by atoms with Crippen molar-refractivity contribution in [3.8, 4) is 0 Å². The molecule has 0 aromatic carbocycles. The molecule has 0 radical (unpaired) electrons. The van der Waals surface area contributed by atoms with Crippen LogP contribution in [0.4, 0.5) is 0 Å². The molecule has 0 saturated heterocycles. The number of nitrogens with zero attached hydrogens (tertiary/aromatic N) is 1. The highest BCUT2D eigenvalue weighted by atomic mass is 16.6. The Morgan fingerprint density at radius 1 is 1.16 bits per heavy atom. The Kier molecular flexibility index (Phi) is 8.73. The van der Waals surface area contributed by atoms with E-state index < -0.39 is 5.72 Å². The van der Waals surface area contributed by atoms with Crippen LogP contribution in [0.3, 0.4) is 0 Å². The molecule has 0 aromatic rings. The first-order valence-electron chi connectivity index (χ1n) is 7.02. The van der Waals surface area contributed by atoms with E-state index in [0.29, 0.717) is 11.8 Å². The minimum Gasteiger partial charge on any atom is -0.772 e. The smallest absolute Gasteiger partial charge is 0.113 e. The second-order valence-electron chi connectivity index (χ2n) is 5.10. The van der Waals surface area contributed by atoms with Gasteiger partial charge in [0.25, 0.3) is 0 Å². The van der Waals surface area contributed by atoms with Gasteiger partial charge in [0.15, 0.2) is 0 Å². The summed E-state index contributed by atoms with van der Waals surface area (Å²) >= 11 is 0. The summed E-state index contributed by atoms with van der Waals surface area (Å²) in [5, 5.41) is 11.4. The average molecular weight is 276 g/mol. The van der Waals surface area contributed by atoms with Crippen molar-refractivity contribution in [3.63, 3.8) is 0 Å². The van der Waals surface area contributed by atoms with Crippen LogP contribution in [0.15, 0.2) is 0 Å². The third-order valence-electron chi connectivity index (χ3n) is 3.65. The maximum Gasteiger partial charge on any atom is 0.113 e. The lowest BCUT2D eigenvalue weighted by atomic mass is 9.93. The molecule has 0 aliphatic rings. The number of rotatable bonds is 11. The SMILES string of the molecule is CCC(C)(N)OCCC(CC)(CC)OCNN(C)[O-]. The molecule has 0 heterocycles. The van der Waals surface area contributed by atoms with Crippen molar-refractivity contribution >= 4 is 0 Å². The van der Waals surface area contributed by atoms with E-state index in [4.69, 9.17) is 15.2 Å². The predicted molar refractivity (Wildman–Crippen MR) is 77.0 cm³/mol. The number of hydrogen-bond acceptors (Lipinski definition) is 6. The van der Waals surface area contributed by atoms with E-state index in [1.165, 1.54) is 7.05 Å². The summed E-state index contributed by atoms with van der Waals surface area (Å²) in [5.74, 6) is 0. The molecule has 1 unspecified atom stereocenters. The van der Waals surface area contributed by atoms with Crippen LogP contribution in [0.1, 0.15) is 53.4 Å². The summed E-state index contributed by atoms with van der Waals surface area (Å²) in [4.78, 5) is 0. The molecule has 0 fully saturated rings. The maximum atomic E-state index is 10.8. The van der Waals surface area contributed by atoms with Gasteiger partial charge in [-0.25, -0.2) is 5.43 Å². The fourth-order valence-corrected chi connectivity index (χ4v) is 1.73. The van der Waals surface area contributed by atoms with Gasteiger partial charge in [-0.3, -0.25) is 0 Å². The van der Waals surface area contributed by atoms with Gasteiger partial charge >= 0.3 is 0 Å². The van der Waals surface area contributed by atoms with Gasteiger partial charge in [0.05, 0.1) is 12.2 Å². The second kappa shape index (κ2) is 8.84. The number of nitrogens with two attached hydrogens (primary N) is 1. The van der Waals surface area contributed by atoms with Gasteiger partial charge in [0.1, 0.15) is 12.5 Å². The van der Waals surface area contributed by atoms with Crippen LogP contribution in [-0.4, -0.2) is 36.9 Å². The first kappa shape index (κ1) is 18.8. The van der Waals surface area contributed by atoms with Gasteiger partial charge in [0, 0.05) is 0 Å². The van der Waals surface area contributed by atoms with Crippen LogP contribution in [0, 0.1) is 5.21 Å². The minimum absolute atomic E-state index is 0.204. The maximum absolute atomic E-state index is 10.8. The van der Waals surface area contributed by atoms with Crippen molar-refractivity contribution < 1.29 is 9.47 Å². The second-order valence-corrected chi connectivity index (χ2v) is 5.10. The van der Waals surface area contributed by atoms with Crippen LogP contribution in [0.25, 0.3) is 0 Å². The molecular weight excluding hydrogens is 246 g/mol. The average Bonchev–Trinajstić information content (AvgIpc) is 2.36. The van der Waals surface area contributed by atoms with E-state index in [0.717, 1.165) is 25.7 Å². The topological polar surface area (TPSA) is 82.8 Å². The molecule has 0 aromatic heterocycles. The standard InChI is InChI=1S/C13H30N3O3/c1-6-12(4,14)18-10-9-13(7-2,8-3)19-11-15-16(5)17/h15H,6-11,14H2,1-5H3/q-1. The zero-order valence-electron chi connectivity index (χ0n) is 13.0. The molecule has 6 nitrogen and oxygen atoms in total. The lowest BCUT2D eigenvalue weighted by Crippen LogP contribution is -2.42. The van der Waals surface area contributed by atoms with Gasteiger partial charge in [-0.1, -0.05) is 20.8 Å². The third kappa shape index (κ3) is 7.81. The zero-order valence-corrected chi connectivity index (χ0v) is 13.0. The fraction of sp³-hybridized carbons (Fsp3) is 1.00. The molecule has 0 amide bonds. The lowest BCUT2D eigenvalue weighted by Gasteiger charge is -2.35. The van der Waals surface area contributed by atoms with E-state index >= 15 is 0 Å². The molecule has 0 rings (SSSR count). The molecule has 1 atom stereocenters. The summed E-state index contributed by atoms with van der Waals surface area (Å²) in [6.45, 7) is 8.78. The van der Waals surface area contributed by atoms with Gasteiger partial charge in [-0.2, -0.15) is 0 Å². The summed E-state index contributed by atoms with van der Waals surface area (Å²) in [7, 11) is 1.40. The van der Waals surface area contributed by atoms with Crippen LogP contribution < -0.4 is 11.2 Å².